The molecule has 0 aliphatic carbocycles. The molecule has 2 nitrogen and oxygen atoms in total. The van der Waals surface area contributed by atoms with E-state index in [4.69, 9.17) is 0 Å². The first-order valence-electron chi connectivity index (χ1n) is 7.20. The maximum absolute atomic E-state index is 3.60. The van der Waals surface area contributed by atoms with Gasteiger partial charge in [-0.25, -0.2) is 0 Å². The van der Waals surface area contributed by atoms with Gasteiger partial charge in [-0.1, -0.05) is 54.8 Å². The Labute approximate surface area is 126 Å². The first kappa shape index (κ1) is 16.7. The molecule has 1 aromatic rings. The highest BCUT2D eigenvalue weighted by Gasteiger charge is 2.19. The SMILES string of the molecule is CCC(CC)C(CNCc1cccc(Br)c1)N(C)C. The molecule has 0 bridgehead atoms. The molecule has 0 aromatic heterocycles. The van der Waals surface area contributed by atoms with Gasteiger partial charge in [0.15, 0.2) is 0 Å². The number of nitrogens with one attached hydrogen (secondary N) is 1. The summed E-state index contributed by atoms with van der Waals surface area (Å²) < 4.78 is 1.15. The van der Waals surface area contributed by atoms with Crippen LogP contribution in [-0.4, -0.2) is 31.6 Å². The number of rotatable bonds is 8. The normalized spacial score (nSPS) is 13.2. The third-order valence-electron chi connectivity index (χ3n) is 3.83. The topological polar surface area (TPSA) is 15.3 Å². The zero-order chi connectivity index (χ0) is 14.3. The van der Waals surface area contributed by atoms with Crippen molar-refractivity contribution >= 4 is 15.9 Å². The molecule has 3 heteroatoms. The summed E-state index contributed by atoms with van der Waals surface area (Å²) in [5, 5.41) is 3.60. The minimum absolute atomic E-state index is 0.613. The van der Waals surface area contributed by atoms with Gasteiger partial charge in [-0.05, 0) is 37.7 Å². The lowest BCUT2D eigenvalue weighted by Crippen LogP contribution is -2.42. The molecule has 0 fully saturated rings. The summed E-state index contributed by atoms with van der Waals surface area (Å²) >= 11 is 3.52. The van der Waals surface area contributed by atoms with Crippen LogP contribution < -0.4 is 5.32 Å². The highest BCUT2D eigenvalue weighted by atomic mass is 79.9. The molecule has 0 aliphatic rings. The lowest BCUT2D eigenvalue weighted by atomic mass is 9.93. The van der Waals surface area contributed by atoms with E-state index in [-0.39, 0.29) is 0 Å². The predicted molar refractivity (Wildman–Crippen MR) is 87.4 cm³/mol. The first-order chi connectivity index (χ1) is 9.08. The van der Waals surface area contributed by atoms with Crippen LogP contribution >= 0.6 is 15.9 Å². The molecule has 0 saturated carbocycles. The van der Waals surface area contributed by atoms with Crippen LogP contribution in [0.25, 0.3) is 0 Å². The second kappa shape index (κ2) is 8.72. The summed E-state index contributed by atoms with van der Waals surface area (Å²) in [6, 6.07) is 9.11. The molecule has 0 amide bonds. The van der Waals surface area contributed by atoms with Gasteiger partial charge in [0.05, 0.1) is 0 Å². The van der Waals surface area contributed by atoms with Crippen LogP contribution in [0.3, 0.4) is 0 Å². The Hall–Kier alpha value is -0.380. The average molecular weight is 327 g/mol. The number of nitrogens with zero attached hydrogens (tertiary/aromatic N) is 1. The molecule has 19 heavy (non-hydrogen) atoms. The highest BCUT2D eigenvalue weighted by Crippen LogP contribution is 2.17. The van der Waals surface area contributed by atoms with E-state index >= 15 is 0 Å². The molecule has 0 saturated heterocycles. The van der Waals surface area contributed by atoms with E-state index in [9.17, 15) is 0 Å². The molecule has 108 valence electrons. The number of halogens is 1. The van der Waals surface area contributed by atoms with Crippen molar-refractivity contribution in [3.8, 4) is 0 Å². The summed E-state index contributed by atoms with van der Waals surface area (Å²) in [7, 11) is 4.37. The molecular formula is C16H27BrN2. The standard InChI is InChI=1S/C16H27BrN2/c1-5-14(6-2)16(19(3)4)12-18-11-13-8-7-9-15(17)10-13/h7-10,14,16,18H,5-6,11-12H2,1-4H3. The van der Waals surface area contributed by atoms with E-state index in [1.807, 2.05) is 0 Å². The predicted octanol–water partition coefficient (Wildman–Crippen LogP) is 3.91. The van der Waals surface area contributed by atoms with Gasteiger partial charge < -0.3 is 10.2 Å². The van der Waals surface area contributed by atoms with Crippen molar-refractivity contribution in [1.29, 1.82) is 0 Å². The van der Waals surface area contributed by atoms with Crippen molar-refractivity contribution in [3.63, 3.8) is 0 Å². The Balaban J connectivity index is 2.48. The highest BCUT2D eigenvalue weighted by molar-refractivity contribution is 9.10. The average Bonchev–Trinajstić information content (AvgIpc) is 2.38. The van der Waals surface area contributed by atoms with Gasteiger partial charge in [0.1, 0.15) is 0 Å². The monoisotopic (exact) mass is 326 g/mol. The maximum Gasteiger partial charge on any atom is 0.0242 e. The van der Waals surface area contributed by atoms with Crippen LogP contribution in [0.4, 0.5) is 0 Å². The molecule has 0 aliphatic heterocycles. The largest absolute Gasteiger partial charge is 0.311 e. The summed E-state index contributed by atoms with van der Waals surface area (Å²) in [6.07, 6.45) is 2.50. The van der Waals surface area contributed by atoms with Crippen LogP contribution in [0.15, 0.2) is 28.7 Å². The van der Waals surface area contributed by atoms with Crippen molar-refractivity contribution in [2.24, 2.45) is 5.92 Å². The van der Waals surface area contributed by atoms with E-state index in [2.05, 4.69) is 78.4 Å². The van der Waals surface area contributed by atoms with E-state index in [1.54, 1.807) is 0 Å². The van der Waals surface area contributed by atoms with E-state index in [0.29, 0.717) is 6.04 Å². The van der Waals surface area contributed by atoms with Crippen molar-refractivity contribution in [1.82, 2.24) is 10.2 Å². The summed E-state index contributed by atoms with van der Waals surface area (Å²) in [5.41, 5.74) is 1.33. The fourth-order valence-electron chi connectivity index (χ4n) is 2.62. The maximum atomic E-state index is 3.60. The Bertz CT molecular complexity index is 362. The molecule has 0 heterocycles. The van der Waals surface area contributed by atoms with Gasteiger partial charge >= 0.3 is 0 Å². The zero-order valence-electron chi connectivity index (χ0n) is 12.6. The summed E-state index contributed by atoms with van der Waals surface area (Å²) in [6.45, 7) is 6.56. The fourth-order valence-corrected chi connectivity index (χ4v) is 3.06. The number of hydrogen-bond donors (Lipinski definition) is 1. The Kier molecular flexibility index (Phi) is 7.66. The zero-order valence-corrected chi connectivity index (χ0v) is 14.2. The number of hydrogen-bond acceptors (Lipinski definition) is 2. The van der Waals surface area contributed by atoms with Gasteiger partial charge in [0.25, 0.3) is 0 Å². The molecule has 1 N–H and O–H groups in total. The van der Waals surface area contributed by atoms with Gasteiger partial charge in [0, 0.05) is 23.6 Å². The molecule has 1 unspecified atom stereocenters. The lowest BCUT2D eigenvalue weighted by molar-refractivity contribution is 0.194. The van der Waals surface area contributed by atoms with Crippen molar-refractivity contribution < 1.29 is 0 Å². The van der Waals surface area contributed by atoms with Gasteiger partial charge in [-0.15, -0.1) is 0 Å². The molecular weight excluding hydrogens is 300 g/mol. The summed E-state index contributed by atoms with van der Waals surface area (Å²) in [5.74, 6) is 0.769. The fraction of sp³-hybridized carbons (Fsp3) is 0.625. The van der Waals surface area contributed by atoms with E-state index < -0.39 is 0 Å². The van der Waals surface area contributed by atoms with Crippen molar-refractivity contribution in [3.05, 3.63) is 34.3 Å². The summed E-state index contributed by atoms with van der Waals surface area (Å²) in [4.78, 5) is 2.35. The van der Waals surface area contributed by atoms with Crippen LogP contribution in [0.1, 0.15) is 32.3 Å². The Morgan fingerprint density at radius 2 is 1.89 bits per heavy atom. The van der Waals surface area contributed by atoms with Crippen LogP contribution in [-0.2, 0) is 6.54 Å². The molecule has 0 spiro atoms. The lowest BCUT2D eigenvalue weighted by Gasteiger charge is -2.31. The van der Waals surface area contributed by atoms with E-state index in [0.717, 1.165) is 23.5 Å². The van der Waals surface area contributed by atoms with Crippen LogP contribution in [0.2, 0.25) is 0 Å². The quantitative estimate of drug-likeness (QED) is 0.779. The van der Waals surface area contributed by atoms with Gasteiger partial charge in [-0.3, -0.25) is 0 Å². The Morgan fingerprint density at radius 1 is 1.21 bits per heavy atom. The number of likely N-dealkylation sites (N-methyl/N-ethyl adjacent to an activating group) is 1. The third kappa shape index (κ3) is 5.64. The second-order valence-electron chi connectivity index (χ2n) is 5.37. The van der Waals surface area contributed by atoms with Gasteiger partial charge in [-0.2, -0.15) is 0 Å². The van der Waals surface area contributed by atoms with Crippen molar-refractivity contribution in [2.45, 2.75) is 39.3 Å². The van der Waals surface area contributed by atoms with Crippen molar-refractivity contribution in [2.75, 3.05) is 20.6 Å². The molecule has 1 aromatic carbocycles. The van der Waals surface area contributed by atoms with Gasteiger partial charge in [0.2, 0.25) is 0 Å². The van der Waals surface area contributed by atoms with E-state index in [1.165, 1.54) is 18.4 Å². The molecule has 0 radical (unpaired) electrons. The third-order valence-corrected chi connectivity index (χ3v) is 4.32. The first-order valence-corrected chi connectivity index (χ1v) is 7.99. The van der Waals surface area contributed by atoms with Crippen LogP contribution in [0.5, 0.6) is 0 Å². The van der Waals surface area contributed by atoms with Crippen LogP contribution in [0, 0.1) is 5.92 Å². The molecule has 1 rings (SSSR count). The minimum Gasteiger partial charge on any atom is -0.311 e. The smallest absolute Gasteiger partial charge is 0.0242 e. The molecule has 1 atom stereocenters. The Morgan fingerprint density at radius 3 is 2.42 bits per heavy atom. The minimum atomic E-state index is 0.613. The second-order valence-corrected chi connectivity index (χ2v) is 6.28. The number of benzene rings is 1.